The molecular weight excluding hydrogens is 216 g/mol. The van der Waals surface area contributed by atoms with E-state index < -0.39 is 0 Å². The summed E-state index contributed by atoms with van der Waals surface area (Å²) in [4.78, 5) is 0. The fourth-order valence-electron chi connectivity index (χ4n) is 1.75. The van der Waals surface area contributed by atoms with Crippen LogP contribution in [0.25, 0.3) is 10.8 Å². The van der Waals surface area contributed by atoms with E-state index in [0.717, 1.165) is 0 Å². The highest BCUT2D eigenvalue weighted by Gasteiger charge is 2.02. The van der Waals surface area contributed by atoms with Gasteiger partial charge >= 0.3 is 0 Å². The monoisotopic (exact) mass is 248 g/mol. The molecule has 0 saturated heterocycles. The molecule has 0 N–H and O–H groups in total. The van der Waals surface area contributed by atoms with Crippen LogP contribution in [0.2, 0.25) is 0 Å². The van der Waals surface area contributed by atoms with Crippen molar-refractivity contribution in [1.29, 1.82) is 0 Å². The molecule has 0 amide bonds. The summed E-state index contributed by atoms with van der Waals surface area (Å²) in [6.45, 7) is 8.48. The van der Waals surface area contributed by atoms with Crippen LogP contribution >= 0.6 is 0 Å². The van der Waals surface area contributed by atoms with Gasteiger partial charge in [-0.1, -0.05) is 92.4 Å². The van der Waals surface area contributed by atoms with E-state index in [9.17, 15) is 0 Å². The van der Waals surface area contributed by atoms with Gasteiger partial charge in [0, 0.05) is 0 Å². The molecule has 0 saturated carbocycles. The molecule has 2 aromatic rings. The zero-order valence-corrected chi connectivity index (χ0v) is 10.1. The maximum atomic E-state index is 2.24. The van der Waals surface area contributed by atoms with E-state index in [2.05, 4.69) is 56.3 Å². The van der Waals surface area contributed by atoms with Crippen molar-refractivity contribution in [3.63, 3.8) is 0 Å². The molecule has 2 rings (SSSR count). The van der Waals surface area contributed by atoms with Crippen molar-refractivity contribution < 1.29 is 0 Å². The Bertz CT molecular complexity index is 408. The normalized spacial score (nSPS) is 8.28. The Hall–Kier alpha value is -1.30. The lowest BCUT2D eigenvalue weighted by Crippen LogP contribution is -1.88. The molecule has 2 aromatic carbocycles. The summed E-state index contributed by atoms with van der Waals surface area (Å²) < 4.78 is 0. The summed E-state index contributed by atoms with van der Waals surface area (Å²) in [5.74, 6) is 0.603. The Morgan fingerprint density at radius 1 is 0.722 bits per heavy atom. The summed E-state index contributed by atoms with van der Waals surface area (Å²) in [6, 6.07) is 15.1. The van der Waals surface area contributed by atoms with Gasteiger partial charge in [-0.15, -0.1) is 0 Å². The van der Waals surface area contributed by atoms with Crippen LogP contribution in [0.15, 0.2) is 42.5 Å². The molecule has 0 aliphatic rings. The van der Waals surface area contributed by atoms with Gasteiger partial charge in [0.25, 0.3) is 0 Å². The van der Waals surface area contributed by atoms with Crippen molar-refractivity contribution >= 4 is 10.8 Å². The smallest absolute Gasteiger partial charge is 0.0149 e. The lowest BCUT2D eigenvalue weighted by atomic mass is 9.96. The largest absolute Gasteiger partial charge is 0.0776 e. The third-order valence-corrected chi connectivity index (χ3v) is 2.45. The van der Waals surface area contributed by atoms with Crippen molar-refractivity contribution in [3.05, 3.63) is 48.0 Å². The quantitative estimate of drug-likeness (QED) is 0.515. The average molecular weight is 248 g/mol. The third kappa shape index (κ3) is 4.91. The molecule has 0 aliphatic carbocycles. The van der Waals surface area contributed by atoms with Gasteiger partial charge in [-0.05, 0) is 22.3 Å². The first-order chi connectivity index (χ1) is 7.29. The maximum absolute atomic E-state index is 2.24. The van der Waals surface area contributed by atoms with Crippen LogP contribution in [0.4, 0.5) is 0 Å². The predicted molar refractivity (Wildman–Crippen MR) is 89.6 cm³/mol. The van der Waals surface area contributed by atoms with E-state index in [1.54, 1.807) is 0 Å². The molecule has 0 fully saturated rings. The predicted octanol–water partition coefficient (Wildman–Crippen LogP) is 6.90. The molecule has 0 radical (unpaired) electrons. The molecule has 0 atom stereocenters. The maximum Gasteiger partial charge on any atom is -0.0149 e. The van der Waals surface area contributed by atoms with E-state index in [0.29, 0.717) is 5.92 Å². The second kappa shape index (κ2) is 10.8. The minimum Gasteiger partial charge on any atom is -0.0776 e. The lowest BCUT2D eigenvalue weighted by molar-refractivity contribution is 0.876. The van der Waals surface area contributed by atoms with Gasteiger partial charge in [0.15, 0.2) is 0 Å². The zero-order chi connectivity index (χ0) is 11.3. The Balaban J connectivity index is -0.000000429. The van der Waals surface area contributed by atoms with E-state index in [1.807, 2.05) is 13.8 Å². The van der Waals surface area contributed by atoms with Crippen molar-refractivity contribution in [2.75, 3.05) is 0 Å². The minimum atomic E-state index is 0. The molecule has 0 heterocycles. The second-order valence-corrected chi connectivity index (χ2v) is 3.72. The lowest BCUT2D eigenvalue weighted by Gasteiger charge is -2.08. The molecule has 0 heteroatoms. The van der Waals surface area contributed by atoms with Gasteiger partial charge in [-0.3, -0.25) is 0 Å². The van der Waals surface area contributed by atoms with Gasteiger partial charge in [0.2, 0.25) is 0 Å². The van der Waals surface area contributed by atoms with E-state index in [-0.39, 0.29) is 22.3 Å². The van der Waals surface area contributed by atoms with E-state index in [4.69, 9.17) is 0 Å². The number of benzene rings is 2. The number of fused-ring (bicyclic) bond motifs is 1. The Kier molecular flexibility index (Phi) is 13.2. The van der Waals surface area contributed by atoms with Crippen LogP contribution in [0.1, 0.15) is 61.5 Å². The molecule has 0 nitrogen and oxygen atoms in total. The molecule has 0 aromatic heterocycles. The summed E-state index contributed by atoms with van der Waals surface area (Å²) in [5, 5.41) is 2.73. The summed E-state index contributed by atoms with van der Waals surface area (Å²) in [5.41, 5.74) is 1.44. The molecular formula is C18H32. The Morgan fingerprint density at radius 3 is 1.78 bits per heavy atom. The second-order valence-electron chi connectivity index (χ2n) is 3.72. The zero-order valence-electron chi connectivity index (χ0n) is 10.1. The van der Waals surface area contributed by atoms with Crippen molar-refractivity contribution in [2.24, 2.45) is 0 Å². The first-order valence-corrected chi connectivity index (χ1v) is 5.76. The first-order valence-electron chi connectivity index (χ1n) is 5.76. The van der Waals surface area contributed by atoms with Gasteiger partial charge in [0.05, 0.1) is 0 Å². The Morgan fingerprint density at radius 2 is 1.22 bits per heavy atom. The molecule has 0 aliphatic heterocycles. The molecule has 0 spiro atoms. The average Bonchev–Trinajstić information content (AvgIpc) is 2.31. The van der Waals surface area contributed by atoms with Crippen molar-refractivity contribution in [1.82, 2.24) is 0 Å². The highest BCUT2D eigenvalue weighted by molar-refractivity contribution is 5.86. The number of hydrogen-bond donors (Lipinski definition) is 0. The topological polar surface area (TPSA) is 0 Å². The molecule has 0 bridgehead atoms. The van der Waals surface area contributed by atoms with Gasteiger partial charge < -0.3 is 0 Å². The van der Waals surface area contributed by atoms with Crippen molar-refractivity contribution in [2.45, 2.75) is 55.9 Å². The fraction of sp³-hybridized carbons (Fsp3) is 0.444. The highest BCUT2D eigenvalue weighted by Crippen LogP contribution is 2.24. The minimum absolute atomic E-state index is 0. The van der Waals surface area contributed by atoms with Crippen LogP contribution in [0.5, 0.6) is 0 Å². The standard InChI is InChI=1S/C13H14.C2H6.3CH4/c1-10(2)12-9-5-7-11-6-3-4-8-13(11)12;1-2;;;/h3-10H,1-2H3;1-2H3;3*1H4. The SMILES string of the molecule is C.C.C.CC.CC(C)c1cccc2ccccc12. The Labute approximate surface area is 115 Å². The molecule has 18 heavy (non-hydrogen) atoms. The number of hydrogen-bond acceptors (Lipinski definition) is 0. The fourth-order valence-corrected chi connectivity index (χ4v) is 1.75. The van der Waals surface area contributed by atoms with Gasteiger partial charge in [-0.2, -0.15) is 0 Å². The first kappa shape index (κ1) is 21.9. The summed E-state index contributed by atoms with van der Waals surface area (Å²) in [7, 11) is 0. The van der Waals surface area contributed by atoms with Crippen LogP contribution < -0.4 is 0 Å². The summed E-state index contributed by atoms with van der Waals surface area (Å²) in [6.07, 6.45) is 0. The summed E-state index contributed by atoms with van der Waals surface area (Å²) >= 11 is 0. The molecule has 0 unspecified atom stereocenters. The van der Waals surface area contributed by atoms with Crippen LogP contribution in [-0.2, 0) is 0 Å². The number of rotatable bonds is 1. The van der Waals surface area contributed by atoms with Crippen LogP contribution in [-0.4, -0.2) is 0 Å². The van der Waals surface area contributed by atoms with Crippen LogP contribution in [0.3, 0.4) is 0 Å². The van der Waals surface area contributed by atoms with Crippen LogP contribution in [0, 0.1) is 0 Å². The van der Waals surface area contributed by atoms with Gasteiger partial charge in [-0.25, -0.2) is 0 Å². The third-order valence-electron chi connectivity index (χ3n) is 2.45. The van der Waals surface area contributed by atoms with Crippen molar-refractivity contribution in [3.8, 4) is 0 Å². The van der Waals surface area contributed by atoms with E-state index >= 15 is 0 Å². The highest BCUT2D eigenvalue weighted by atomic mass is 14.1. The van der Waals surface area contributed by atoms with E-state index in [1.165, 1.54) is 16.3 Å². The molecule has 104 valence electrons. The van der Waals surface area contributed by atoms with Gasteiger partial charge in [0.1, 0.15) is 0 Å².